The predicted octanol–water partition coefficient (Wildman–Crippen LogP) is 10.3. The lowest BCUT2D eigenvalue weighted by atomic mass is 9.97. The summed E-state index contributed by atoms with van der Waals surface area (Å²) in [6, 6.07) is 0. The average molecular weight is 856 g/mol. The molecule has 0 spiro atoms. The summed E-state index contributed by atoms with van der Waals surface area (Å²) in [4.78, 5) is 22.5. The molecule has 0 amide bonds. The lowest BCUT2D eigenvalue weighted by molar-refractivity contribution is -0.450. The van der Waals surface area contributed by atoms with Gasteiger partial charge in [0, 0.05) is 11.1 Å². The number of carbonyl (C=O) groups is 2. The predicted molar refractivity (Wildman–Crippen MR) is 128 cm³/mol. The van der Waals surface area contributed by atoms with Crippen molar-refractivity contribution in [3.8, 4) is 0 Å². The van der Waals surface area contributed by atoms with Crippen molar-refractivity contribution in [3.05, 3.63) is 24.3 Å². The highest BCUT2D eigenvalue weighted by molar-refractivity contribution is 6.82. The highest BCUT2D eigenvalue weighted by atomic mass is 28.3. The lowest BCUT2D eigenvalue weighted by Gasteiger charge is -2.49. The molecular formula is C24H20F24O4Si. The normalized spacial score (nSPS) is 15.6. The van der Waals surface area contributed by atoms with E-state index >= 15 is 0 Å². The molecule has 0 aromatic rings. The molecule has 0 aliphatic rings. The Morgan fingerprint density at radius 3 is 0.792 bits per heavy atom. The zero-order valence-electron chi connectivity index (χ0n) is 26.0. The first kappa shape index (κ1) is 50.0. The molecule has 0 bridgehead atoms. The number of hydrogen-bond acceptors (Lipinski definition) is 4. The van der Waals surface area contributed by atoms with Crippen LogP contribution >= 0.6 is 0 Å². The molecule has 0 rings (SSSR count). The molecule has 53 heavy (non-hydrogen) atoms. The van der Waals surface area contributed by atoms with Crippen molar-refractivity contribution in [1.82, 2.24) is 0 Å². The minimum Gasteiger partial charge on any atom is -0.393 e. The van der Waals surface area contributed by atoms with Gasteiger partial charge in [0.05, 0.1) is 0 Å². The van der Waals surface area contributed by atoms with Gasteiger partial charge in [-0.15, -0.1) is 0 Å². The van der Waals surface area contributed by atoms with Crippen molar-refractivity contribution in [2.75, 3.05) is 0 Å². The Morgan fingerprint density at radius 2 is 0.604 bits per heavy atom. The fraction of sp³-hybridized carbons (Fsp3) is 0.750. The number of ether oxygens (including phenoxy) is 2. The summed E-state index contributed by atoms with van der Waals surface area (Å²) in [5.41, 5.74) is -19.4. The zero-order chi connectivity index (χ0) is 43.6. The molecule has 0 aliphatic heterocycles. The first-order valence-electron chi connectivity index (χ1n) is 13.1. The quantitative estimate of drug-likeness (QED) is 0.0597. The topological polar surface area (TPSA) is 52.6 Å². The third kappa shape index (κ3) is 6.70. The van der Waals surface area contributed by atoms with Crippen molar-refractivity contribution in [2.45, 2.75) is 110 Å². The van der Waals surface area contributed by atoms with Crippen LogP contribution in [0.15, 0.2) is 24.3 Å². The molecule has 0 unspecified atom stereocenters. The molecule has 0 aromatic heterocycles. The van der Waals surface area contributed by atoms with E-state index < -0.39 is 128 Å². The number of rotatable bonds is 18. The smallest absolute Gasteiger partial charge is 0.393 e. The van der Waals surface area contributed by atoms with Gasteiger partial charge in [0.2, 0.25) is 8.07 Å². The molecule has 0 aliphatic carbocycles. The van der Waals surface area contributed by atoms with Gasteiger partial charge in [0.1, 0.15) is 0 Å². The SMILES string of the molecule is C=C(CC)C(=O)OC(F)(F)C(F)(F)C(F)(F)C(F)(F)C(F)(F)C(F)(F)[Si](C)(C)C(F)(F)C(F)(F)C(F)(F)C(F)(F)C(F)(F)C(F)(F)OC(=O)C(=C)CC. The van der Waals surface area contributed by atoms with Crippen LogP contribution < -0.4 is 0 Å². The van der Waals surface area contributed by atoms with Crippen LogP contribution in [0.1, 0.15) is 26.7 Å². The molecule has 0 saturated carbocycles. The van der Waals surface area contributed by atoms with Crippen LogP contribution in [0.5, 0.6) is 0 Å². The van der Waals surface area contributed by atoms with Crippen molar-refractivity contribution < 1.29 is 124 Å². The summed E-state index contributed by atoms with van der Waals surface area (Å²) in [6.07, 6.45) is -16.7. The first-order chi connectivity index (χ1) is 22.7. The van der Waals surface area contributed by atoms with Gasteiger partial charge in [-0.1, -0.05) is 40.1 Å². The minimum absolute atomic E-state index is 0.788. The van der Waals surface area contributed by atoms with Crippen LogP contribution in [-0.4, -0.2) is 90.7 Å². The Kier molecular flexibility index (Phi) is 12.8. The number of hydrogen-bond donors (Lipinski definition) is 0. The highest BCUT2D eigenvalue weighted by Gasteiger charge is 2.98. The van der Waals surface area contributed by atoms with Crippen molar-refractivity contribution in [2.24, 2.45) is 0 Å². The summed E-state index contributed by atoms with van der Waals surface area (Å²) >= 11 is 0. The second-order valence-corrected chi connectivity index (χ2v) is 15.6. The monoisotopic (exact) mass is 856 g/mol. The molecule has 312 valence electrons. The number of esters is 2. The highest BCUT2D eigenvalue weighted by Crippen LogP contribution is 2.66. The van der Waals surface area contributed by atoms with Crippen molar-refractivity contribution in [3.63, 3.8) is 0 Å². The van der Waals surface area contributed by atoms with Crippen LogP contribution in [0.2, 0.25) is 13.1 Å². The summed E-state index contributed by atoms with van der Waals surface area (Å²) in [5.74, 6) is -75.8. The Morgan fingerprint density at radius 1 is 0.415 bits per heavy atom. The van der Waals surface area contributed by atoms with Crippen LogP contribution in [0.3, 0.4) is 0 Å². The van der Waals surface area contributed by atoms with E-state index in [-0.39, 0.29) is 0 Å². The van der Waals surface area contributed by atoms with Gasteiger partial charge >= 0.3 is 82.6 Å². The van der Waals surface area contributed by atoms with Crippen molar-refractivity contribution in [1.29, 1.82) is 0 Å². The summed E-state index contributed by atoms with van der Waals surface area (Å²) in [7, 11) is -8.96. The molecule has 0 radical (unpaired) electrons. The largest absolute Gasteiger partial charge is 0.473 e. The Bertz CT molecular complexity index is 1330. The van der Waals surface area contributed by atoms with E-state index in [1.165, 1.54) is 0 Å². The molecule has 0 fully saturated rings. The zero-order valence-corrected chi connectivity index (χ0v) is 27.0. The van der Waals surface area contributed by atoms with Gasteiger partial charge in [0.25, 0.3) is 0 Å². The molecule has 0 saturated heterocycles. The van der Waals surface area contributed by atoms with E-state index in [1.807, 2.05) is 0 Å². The first-order valence-corrected chi connectivity index (χ1v) is 16.1. The number of alkyl halides is 24. The summed E-state index contributed by atoms with van der Waals surface area (Å²) in [6.45, 7) is 3.32. The summed E-state index contributed by atoms with van der Waals surface area (Å²) < 4.78 is 347. The van der Waals surface area contributed by atoms with E-state index in [0.29, 0.717) is 0 Å². The van der Waals surface area contributed by atoms with Crippen LogP contribution in [0, 0.1) is 0 Å². The lowest BCUT2D eigenvalue weighted by Crippen LogP contribution is -2.81. The number of halogens is 24. The second kappa shape index (κ2) is 13.6. The average Bonchev–Trinajstić information content (AvgIpc) is 2.98. The van der Waals surface area contributed by atoms with Crippen molar-refractivity contribution >= 4 is 20.0 Å². The molecule has 0 heterocycles. The number of carbonyl (C=O) groups excluding carboxylic acids is 2. The Balaban J connectivity index is 7.46. The molecule has 0 atom stereocenters. The van der Waals surface area contributed by atoms with E-state index in [0.717, 1.165) is 13.8 Å². The Labute approximate surface area is 280 Å². The van der Waals surface area contributed by atoms with Gasteiger partial charge in [0.15, 0.2) is 0 Å². The van der Waals surface area contributed by atoms with E-state index in [4.69, 9.17) is 0 Å². The maximum atomic E-state index is 14.8. The van der Waals surface area contributed by atoms with Gasteiger partial charge in [-0.3, -0.25) is 0 Å². The molecule has 0 N–H and O–H groups in total. The summed E-state index contributed by atoms with van der Waals surface area (Å²) in [5, 5.41) is 0. The van der Waals surface area contributed by atoms with E-state index in [2.05, 4.69) is 22.6 Å². The van der Waals surface area contributed by atoms with Crippen LogP contribution in [0.4, 0.5) is 105 Å². The fourth-order valence-electron chi connectivity index (χ4n) is 3.32. The van der Waals surface area contributed by atoms with Gasteiger partial charge in [-0.05, 0) is 12.8 Å². The molecule has 0 aromatic carbocycles. The maximum absolute atomic E-state index is 14.8. The molecular weight excluding hydrogens is 836 g/mol. The fourth-order valence-corrected chi connectivity index (χ4v) is 5.60. The second-order valence-electron chi connectivity index (χ2n) is 11.1. The van der Waals surface area contributed by atoms with Gasteiger partial charge in [-0.25, -0.2) is 27.2 Å². The third-order valence-corrected chi connectivity index (χ3v) is 11.1. The van der Waals surface area contributed by atoms with Crippen LogP contribution in [0.25, 0.3) is 0 Å². The minimum atomic E-state index is -8.99. The maximum Gasteiger partial charge on any atom is 0.473 e. The van der Waals surface area contributed by atoms with Gasteiger partial charge < -0.3 is 9.47 Å². The van der Waals surface area contributed by atoms with Gasteiger partial charge in [-0.2, -0.15) is 87.8 Å². The third-order valence-electron chi connectivity index (χ3n) is 7.33. The van der Waals surface area contributed by atoms with E-state index in [1.54, 1.807) is 0 Å². The van der Waals surface area contributed by atoms with Crippen LogP contribution in [-0.2, 0) is 19.1 Å². The standard InChI is InChI=1S/C24H20F24O4Si/c1-7-9(3)11(49)51-21(41,42)17(33,34)13(25,26)15(29,30)19(37,38)23(45,46)53(5,6)24(47,48)20(39,40)16(31,32)14(27,28)18(35,36)22(43,44)52-12(50)10(4)8-2/h3-4,7-8H2,1-2,5-6H3. The van der Waals surface area contributed by atoms with E-state index in [9.17, 15) is 115 Å². The molecule has 4 nitrogen and oxygen atoms in total. The molecule has 29 heteroatoms. The Hall–Kier alpha value is -3.04.